The van der Waals surface area contributed by atoms with E-state index in [0.29, 0.717) is 21.9 Å². The second-order valence-electron chi connectivity index (χ2n) is 13.6. The molecule has 5 heteroatoms. The quantitative estimate of drug-likeness (QED) is 0.162. The molecule has 0 atom stereocenters. The van der Waals surface area contributed by atoms with Crippen LogP contribution in [0.2, 0.25) is 0 Å². The SMILES string of the molecule is O=c1c2ccccc2oc2c(-c3ccc(-c4ccc5c(c4)Oc4ccc(N(c6ccccc6)c6ccccc6)cc4N5C4=CCCC=C4)cc3)cccc12. The molecule has 2 heterocycles. The Morgan fingerprint density at radius 2 is 1.24 bits per heavy atom. The fraction of sp³-hybridized carbons (Fsp3) is 0.0408. The van der Waals surface area contributed by atoms with E-state index in [0.717, 1.165) is 80.7 Å². The maximum absolute atomic E-state index is 13.3. The van der Waals surface area contributed by atoms with Crippen molar-refractivity contribution in [3.63, 3.8) is 0 Å². The van der Waals surface area contributed by atoms with Gasteiger partial charge in [0.2, 0.25) is 5.43 Å². The Labute approximate surface area is 312 Å². The fourth-order valence-electron chi connectivity index (χ4n) is 7.65. The van der Waals surface area contributed by atoms with Crippen molar-refractivity contribution in [2.24, 2.45) is 0 Å². The van der Waals surface area contributed by atoms with Crippen molar-refractivity contribution in [1.29, 1.82) is 0 Å². The van der Waals surface area contributed by atoms with Gasteiger partial charge in [-0.1, -0.05) is 103 Å². The molecule has 54 heavy (non-hydrogen) atoms. The van der Waals surface area contributed by atoms with Gasteiger partial charge in [-0.15, -0.1) is 0 Å². The summed E-state index contributed by atoms with van der Waals surface area (Å²) in [6, 6.07) is 55.4. The Balaban J connectivity index is 1.03. The lowest BCUT2D eigenvalue weighted by molar-refractivity contribution is 0.476. The van der Waals surface area contributed by atoms with Crippen molar-refractivity contribution in [2.45, 2.75) is 12.8 Å². The zero-order chi connectivity index (χ0) is 36.0. The first kappa shape index (κ1) is 31.6. The van der Waals surface area contributed by atoms with Gasteiger partial charge in [0.1, 0.15) is 11.2 Å². The topological polar surface area (TPSA) is 45.9 Å². The van der Waals surface area contributed by atoms with Crippen LogP contribution in [0.5, 0.6) is 11.5 Å². The van der Waals surface area contributed by atoms with Crippen LogP contribution in [0.1, 0.15) is 12.8 Å². The van der Waals surface area contributed by atoms with E-state index < -0.39 is 0 Å². The summed E-state index contributed by atoms with van der Waals surface area (Å²) >= 11 is 0. The van der Waals surface area contributed by atoms with E-state index in [1.54, 1.807) is 0 Å². The van der Waals surface area contributed by atoms with Crippen LogP contribution < -0.4 is 20.0 Å². The number of ether oxygens (including phenoxy) is 1. The summed E-state index contributed by atoms with van der Waals surface area (Å²) in [7, 11) is 0. The highest BCUT2D eigenvalue weighted by Crippen LogP contribution is 2.52. The average Bonchev–Trinajstić information content (AvgIpc) is 3.24. The summed E-state index contributed by atoms with van der Waals surface area (Å²) in [4.78, 5) is 17.9. The van der Waals surface area contributed by atoms with E-state index >= 15 is 0 Å². The summed E-state index contributed by atoms with van der Waals surface area (Å²) in [5.74, 6) is 1.59. The summed E-state index contributed by atoms with van der Waals surface area (Å²) < 4.78 is 13.1. The van der Waals surface area contributed by atoms with Crippen LogP contribution in [-0.4, -0.2) is 0 Å². The first-order chi connectivity index (χ1) is 26.7. The predicted octanol–water partition coefficient (Wildman–Crippen LogP) is 13.2. The van der Waals surface area contributed by atoms with Crippen LogP contribution in [-0.2, 0) is 0 Å². The molecule has 1 aromatic heterocycles. The number of nitrogens with zero attached hydrogens (tertiary/aromatic N) is 2. The third-order valence-electron chi connectivity index (χ3n) is 10.3. The maximum atomic E-state index is 13.3. The van der Waals surface area contributed by atoms with Crippen molar-refractivity contribution in [1.82, 2.24) is 0 Å². The zero-order valence-corrected chi connectivity index (χ0v) is 29.4. The number of fused-ring (bicyclic) bond motifs is 4. The third kappa shape index (κ3) is 5.46. The molecule has 0 fully saturated rings. The number of hydrogen-bond acceptors (Lipinski definition) is 5. The first-order valence-corrected chi connectivity index (χ1v) is 18.3. The van der Waals surface area contributed by atoms with Gasteiger partial charge in [0, 0.05) is 28.3 Å². The van der Waals surface area contributed by atoms with E-state index in [9.17, 15) is 4.79 Å². The Kier molecular flexibility index (Phi) is 7.69. The maximum Gasteiger partial charge on any atom is 0.200 e. The molecule has 5 nitrogen and oxygen atoms in total. The first-order valence-electron chi connectivity index (χ1n) is 18.3. The Morgan fingerprint density at radius 1 is 0.537 bits per heavy atom. The Hall–Kier alpha value is -7.11. The molecule has 0 saturated heterocycles. The lowest BCUT2D eigenvalue weighted by Crippen LogP contribution is -2.21. The largest absolute Gasteiger partial charge is 0.455 e. The molecule has 258 valence electrons. The smallest absolute Gasteiger partial charge is 0.200 e. The average molecular weight is 699 g/mol. The monoisotopic (exact) mass is 698 g/mol. The van der Waals surface area contributed by atoms with Gasteiger partial charge in [0.05, 0.1) is 22.1 Å². The van der Waals surface area contributed by atoms with Gasteiger partial charge in [-0.2, -0.15) is 0 Å². The zero-order valence-electron chi connectivity index (χ0n) is 29.4. The molecule has 10 rings (SSSR count). The Bertz CT molecular complexity index is 2780. The van der Waals surface area contributed by atoms with Crippen LogP contribution in [0.3, 0.4) is 0 Å². The van der Waals surface area contributed by atoms with Crippen molar-refractivity contribution in [3.8, 4) is 33.8 Å². The summed E-state index contributed by atoms with van der Waals surface area (Å²) in [5.41, 5.74) is 11.4. The molecule has 1 aliphatic heterocycles. The lowest BCUT2D eigenvalue weighted by atomic mass is 9.97. The minimum absolute atomic E-state index is 0.0181. The molecule has 0 N–H and O–H groups in total. The van der Waals surface area contributed by atoms with Crippen LogP contribution in [0.25, 0.3) is 44.2 Å². The molecule has 0 radical (unpaired) electrons. The lowest BCUT2D eigenvalue weighted by Gasteiger charge is -2.35. The number of benzene rings is 7. The van der Waals surface area contributed by atoms with E-state index in [-0.39, 0.29) is 5.43 Å². The van der Waals surface area contributed by atoms with E-state index in [1.165, 1.54) is 0 Å². The van der Waals surface area contributed by atoms with Gasteiger partial charge in [-0.05, 0) is 108 Å². The van der Waals surface area contributed by atoms with Gasteiger partial charge in [-0.25, -0.2) is 0 Å². The summed E-state index contributed by atoms with van der Waals surface area (Å²) in [6.45, 7) is 0. The molecule has 8 aromatic rings. The molecule has 0 saturated carbocycles. The molecule has 0 amide bonds. The van der Waals surface area contributed by atoms with Crippen LogP contribution in [0.15, 0.2) is 197 Å². The third-order valence-corrected chi connectivity index (χ3v) is 10.3. The van der Waals surface area contributed by atoms with E-state index in [4.69, 9.17) is 9.15 Å². The highest BCUT2D eigenvalue weighted by atomic mass is 16.5. The van der Waals surface area contributed by atoms with Crippen LogP contribution >= 0.6 is 0 Å². The standard InChI is InChI=1S/C49H34N2O3/c52-48-41-19-10-11-22-45(41)54-49-40(20-12-21-42(48)49)34-25-23-33(24-26-34)35-27-29-43-47(31-35)53-46-30-28-39(32-44(46)51(43)38-17-8-3-9-18-38)50(36-13-4-1-5-14-36)37-15-6-2-7-16-37/h1-2,4-8,10-32H,3,9H2. The minimum atomic E-state index is -0.0181. The molecule has 7 aromatic carbocycles. The second kappa shape index (κ2) is 13.1. The van der Waals surface area contributed by atoms with Crippen LogP contribution in [0.4, 0.5) is 28.4 Å². The number of para-hydroxylation sites is 4. The predicted molar refractivity (Wildman–Crippen MR) is 221 cm³/mol. The highest BCUT2D eigenvalue weighted by molar-refractivity contribution is 5.98. The molecule has 1 aliphatic carbocycles. The molecule has 0 bridgehead atoms. The summed E-state index contributed by atoms with van der Waals surface area (Å²) in [5, 5.41) is 1.17. The van der Waals surface area contributed by atoms with Crippen molar-refractivity contribution >= 4 is 50.4 Å². The number of allylic oxidation sites excluding steroid dienone is 3. The summed E-state index contributed by atoms with van der Waals surface area (Å²) in [6.07, 6.45) is 8.77. The number of hydrogen-bond donors (Lipinski definition) is 0. The fourth-order valence-corrected chi connectivity index (χ4v) is 7.65. The Morgan fingerprint density at radius 3 is 2.00 bits per heavy atom. The van der Waals surface area contributed by atoms with Gasteiger partial charge >= 0.3 is 0 Å². The highest BCUT2D eigenvalue weighted by Gasteiger charge is 2.29. The van der Waals surface area contributed by atoms with Gasteiger partial charge in [0.15, 0.2) is 11.5 Å². The van der Waals surface area contributed by atoms with Crippen molar-refractivity contribution < 1.29 is 9.15 Å². The normalized spacial score (nSPS) is 13.3. The molecule has 0 unspecified atom stereocenters. The molecular weight excluding hydrogens is 665 g/mol. The number of anilines is 5. The van der Waals surface area contributed by atoms with E-state index in [2.05, 4.69) is 137 Å². The minimum Gasteiger partial charge on any atom is -0.455 e. The molecular formula is C49H34N2O3. The second-order valence-corrected chi connectivity index (χ2v) is 13.6. The van der Waals surface area contributed by atoms with Gasteiger partial charge < -0.3 is 19.0 Å². The van der Waals surface area contributed by atoms with Crippen molar-refractivity contribution in [3.05, 3.63) is 198 Å². The van der Waals surface area contributed by atoms with Crippen LogP contribution in [0, 0.1) is 0 Å². The number of rotatable bonds is 6. The van der Waals surface area contributed by atoms with Gasteiger partial charge in [-0.3, -0.25) is 4.79 Å². The molecule has 0 spiro atoms. The van der Waals surface area contributed by atoms with Crippen molar-refractivity contribution in [2.75, 3.05) is 9.80 Å². The van der Waals surface area contributed by atoms with Gasteiger partial charge in [0.25, 0.3) is 0 Å². The van der Waals surface area contributed by atoms with E-state index in [1.807, 2.05) is 54.6 Å². The molecule has 2 aliphatic rings.